The molecule has 10 heavy (non-hydrogen) atoms. The minimum Gasteiger partial charge on any atom is -0.395 e. The fourth-order valence-electron chi connectivity index (χ4n) is 0.493. The van der Waals surface area contributed by atoms with Crippen molar-refractivity contribution in [2.75, 3.05) is 26.4 Å². The average molecular weight is 149 g/mol. The van der Waals surface area contributed by atoms with Gasteiger partial charge in [-0.2, -0.15) is 0 Å². The molecular formula is C6H15NO3. The first-order valence-corrected chi connectivity index (χ1v) is 3.36. The molecule has 4 heteroatoms. The first kappa shape index (κ1) is 9.84. The Morgan fingerprint density at radius 1 is 1.30 bits per heavy atom. The minimum absolute atomic E-state index is 0.0114. The van der Waals surface area contributed by atoms with E-state index in [9.17, 15) is 0 Å². The summed E-state index contributed by atoms with van der Waals surface area (Å²) in [7, 11) is 0. The number of aliphatic hydroxyl groups is 2. The van der Waals surface area contributed by atoms with Crippen LogP contribution in [0.25, 0.3) is 0 Å². The molecule has 0 heterocycles. The Balaban J connectivity index is 2.89. The van der Waals surface area contributed by atoms with Crippen molar-refractivity contribution >= 4 is 0 Å². The lowest BCUT2D eigenvalue weighted by molar-refractivity contribution is 0.0838. The van der Waals surface area contributed by atoms with Crippen LogP contribution < -0.4 is 5.73 Å². The summed E-state index contributed by atoms with van der Waals surface area (Å²) in [6.07, 6.45) is 0.635. The zero-order chi connectivity index (χ0) is 7.82. The molecular weight excluding hydrogens is 134 g/mol. The maximum atomic E-state index is 8.46. The second-order valence-electron chi connectivity index (χ2n) is 2.07. The lowest BCUT2D eigenvalue weighted by Gasteiger charge is -2.06. The topological polar surface area (TPSA) is 75.7 Å². The number of nitrogens with two attached hydrogens (primary N) is 1. The molecule has 4 N–H and O–H groups in total. The van der Waals surface area contributed by atoms with Crippen LogP contribution in [0.5, 0.6) is 0 Å². The van der Waals surface area contributed by atoms with E-state index in [4.69, 9.17) is 20.7 Å². The Morgan fingerprint density at radius 2 is 2.00 bits per heavy atom. The van der Waals surface area contributed by atoms with Gasteiger partial charge >= 0.3 is 0 Å². The van der Waals surface area contributed by atoms with Gasteiger partial charge in [0, 0.05) is 12.6 Å². The van der Waals surface area contributed by atoms with Crippen LogP contribution in [0.1, 0.15) is 6.42 Å². The Labute approximate surface area is 60.6 Å². The number of hydrogen-bond acceptors (Lipinski definition) is 4. The van der Waals surface area contributed by atoms with Gasteiger partial charge in [-0.3, -0.25) is 0 Å². The predicted octanol–water partition coefficient (Wildman–Crippen LogP) is -1.29. The van der Waals surface area contributed by atoms with Crippen LogP contribution in [0.3, 0.4) is 0 Å². The van der Waals surface area contributed by atoms with E-state index < -0.39 is 0 Å². The molecule has 0 fully saturated rings. The zero-order valence-corrected chi connectivity index (χ0v) is 5.99. The third kappa shape index (κ3) is 5.97. The highest BCUT2D eigenvalue weighted by Gasteiger charge is 1.98. The van der Waals surface area contributed by atoms with Gasteiger partial charge in [-0.15, -0.1) is 0 Å². The first-order chi connectivity index (χ1) is 4.81. The summed E-state index contributed by atoms with van der Waals surface area (Å²) in [5.74, 6) is 0. The number of hydrogen-bond donors (Lipinski definition) is 3. The van der Waals surface area contributed by atoms with Gasteiger partial charge in [-0.25, -0.2) is 0 Å². The van der Waals surface area contributed by atoms with Gasteiger partial charge in [0.1, 0.15) is 0 Å². The standard InChI is InChI=1S/C6H15NO3/c7-6(5-9)1-3-10-4-2-8/h6,8-9H,1-5,7H2. The summed E-state index contributed by atoms with van der Waals surface area (Å²) < 4.78 is 4.91. The monoisotopic (exact) mass is 149 g/mol. The molecule has 62 valence electrons. The van der Waals surface area contributed by atoms with E-state index in [0.717, 1.165) is 0 Å². The lowest BCUT2D eigenvalue weighted by Crippen LogP contribution is -2.26. The molecule has 0 aromatic heterocycles. The largest absolute Gasteiger partial charge is 0.395 e. The molecule has 0 aromatic carbocycles. The lowest BCUT2D eigenvalue weighted by atomic mass is 10.2. The normalized spacial score (nSPS) is 13.5. The van der Waals surface area contributed by atoms with Gasteiger partial charge in [0.25, 0.3) is 0 Å². The molecule has 0 aliphatic carbocycles. The van der Waals surface area contributed by atoms with Crippen LogP contribution in [0, 0.1) is 0 Å². The van der Waals surface area contributed by atoms with Crippen molar-refractivity contribution in [2.45, 2.75) is 12.5 Å². The van der Waals surface area contributed by atoms with Crippen molar-refractivity contribution in [1.29, 1.82) is 0 Å². The molecule has 0 aliphatic heterocycles. The molecule has 0 spiro atoms. The van der Waals surface area contributed by atoms with Crippen molar-refractivity contribution in [2.24, 2.45) is 5.73 Å². The van der Waals surface area contributed by atoms with Crippen molar-refractivity contribution in [1.82, 2.24) is 0 Å². The highest BCUT2D eigenvalue weighted by molar-refractivity contribution is 4.56. The van der Waals surface area contributed by atoms with E-state index in [1.807, 2.05) is 0 Å². The second kappa shape index (κ2) is 6.95. The molecule has 0 aliphatic rings. The smallest absolute Gasteiger partial charge is 0.0697 e. The molecule has 0 rings (SSSR count). The number of ether oxygens (including phenoxy) is 1. The van der Waals surface area contributed by atoms with Crippen molar-refractivity contribution < 1.29 is 14.9 Å². The maximum absolute atomic E-state index is 8.46. The van der Waals surface area contributed by atoms with E-state index in [1.165, 1.54) is 0 Å². The van der Waals surface area contributed by atoms with Crippen molar-refractivity contribution in [3.05, 3.63) is 0 Å². The van der Waals surface area contributed by atoms with E-state index in [-0.39, 0.29) is 19.3 Å². The summed E-state index contributed by atoms with van der Waals surface area (Å²) in [5, 5.41) is 16.7. The highest BCUT2D eigenvalue weighted by Crippen LogP contribution is 1.86. The summed E-state index contributed by atoms with van der Waals surface area (Å²) >= 11 is 0. The molecule has 0 saturated heterocycles. The first-order valence-electron chi connectivity index (χ1n) is 3.36. The van der Waals surface area contributed by atoms with E-state index in [0.29, 0.717) is 19.6 Å². The van der Waals surface area contributed by atoms with Crippen LogP contribution in [0.2, 0.25) is 0 Å². The molecule has 0 bridgehead atoms. The van der Waals surface area contributed by atoms with Gasteiger partial charge in [0.05, 0.1) is 19.8 Å². The minimum atomic E-state index is -0.196. The van der Waals surface area contributed by atoms with E-state index in [2.05, 4.69) is 0 Å². The van der Waals surface area contributed by atoms with Crippen LogP contribution in [-0.4, -0.2) is 42.7 Å². The van der Waals surface area contributed by atoms with Gasteiger partial charge in [0.15, 0.2) is 0 Å². The Morgan fingerprint density at radius 3 is 2.50 bits per heavy atom. The van der Waals surface area contributed by atoms with E-state index in [1.54, 1.807) is 0 Å². The fraction of sp³-hybridized carbons (Fsp3) is 1.00. The van der Waals surface area contributed by atoms with Crippen LogP contribution in [0.4, 0.5) is 0 Å². The van der Waals surface area contributed by atoms with Gasteiger partial charge in [-0.05, 0) is 6.42 Å². The summed E-state index contributed by atoms with van der Waals surface area (Å²) in [5.41, 5.74) is 5.36. The van der Waals surface area contributed by atoms with Crippen molar-refractivity contribution in [3.8, 4) is 0 Å². The second-order valence-corrected chi connectivity index (χ2v) is 2.07. The van der Waals surface area contributed by atoms with Crippen molar-refractivity contribution in [3.63, 3.8) is 0 Å². The van der Waals surface area contributed by atoms with Gasteiger partial charge in [-0.1, -0.05) is 0 Å². The summed E-state index contributed by atoms with van der Waals surface area (Å²) in [4.78, 5) is 0. The molecule has 0 aromatic rings. The third-order valence-corrected chi connectivity index (χ3v) is 1.10. The third-order valence-electron chi connectivity index (χ3n) is 1.10. The Hall–Kier alpha value is -0.160. The zero-order valence-electron chi connectivity index (χ0n) is 5.99. The highest BCUT2D eigenvalue weighted by atomic mass is 16.5. The Bertz CT molecular complexity index is 70.0. The summed E-state index contributed by atoms with van der Waals surface area (Å²) in [6, 6.07) is -0.196. The van der Waals surface area contributed by atoms with Crippen LogP contribution in [0.15, 0.2) is 0 Å². The van der Waals surface area contributed by atoms with E-state index >= 15 is 0 Å². The molecule has 0 saturated carbocycles. The molecule has 1 unspecified atom stereocenters. The maximum Gasteiger partial charge on any atom is 0.0697 e. The Kier molecular flexibility index (Phi) is 6.84. The molecule has 0 amide bonds. The van der Waals surface area contributed by atoms with Gasteiger partial charge in [0.2, 0.25) is 0 Å². The fourth-order valence-corrected chi connectivity index (χ4v) is 0.493. The molecule has 0 radical (unpaired) electrons. The predicted molar refractivity (Wildman–Crippen MR) is 37.6 cm³/mol. The van der Waals surface area contributed by atoms with Crippen LogP contribution in [-0.2, 0) is 4.74 Å². The summed E-state index contributed by atoms with van der Waals surface area (Å²) in [6.45, 7) is 0.872. The SMILES string of the molecule is NC(CO)CCOCCO. The molecule has 1 atom stereocenters. The number of rotatable bonds is 6. The molecule has 4 nitrogen and oxygen atoms in total. The van der Waals surface area contributed by atoms with Gasteiger partial charge < -0.3 is 20.7 Å². The number of aliphatic hydroxyl groups excluding tert-OH is 2. The average Bonchev–Trinajstić information content (AvgIpc) is 1.98. The van der Waals surface area contributed by atoms with Crippen LogP contribution >= 0.6 is 0 Å². The quantitative estimate of drug-likeness (QED) is 0.410.